The Hall–Kier alpha value is -2.62. The third-order valence-corrected chi connectivity index (χ3v) is 7.47. The number of hydrogen-bond acceptors (Lipinski definition) is 14. The number of aliphatic hydroxyl groups is 3. The first-order chi connectivity index (χ1) is 19.1. The Balaban J connectivity index is 1.55. The summed E-state index contributed by atoms with van der Waals surface area (Å²) in [6, 6.07) is 1.79. The summed E-state index contributed by atoms with van der Waals surface area (Å²) >= 11 is 0. The summed E-state index contributed by atoms with van der Waals surface area (Å²) in [6.07, 6.45) is -12.2. The quantitative estimate of drug-likeness (QED) is 0.115. The van der Waals surface area contributed by atoms with Crippen LogP contribution >= 0.6 is 15.6 Å². The van der Waals surface area contributed by atoms with Crippen molar-refractivity contribution >= 4 is 15.6 Å². The van der Waals surface area contributed by atoms with Crippen LogP contribution in [0.2, 0.25) is 0 Å². The predicted octanol–water partition coefficient (Wildman–Crippen LogP) is -4.42. The van der Waals surface area contributed by atoms with Gasteiger partial charge in [-0.15, -0.1) is 0 Å². The minimum Gasteiger partial charge on any atom is -0.394 e. The van der Waals surface area contributed by atoms with Gasteiger partial charge in [-0.2, -0.15) is 0 Å². The number of hydrogen-bond donors (Lipinski definition) is 8. The number of phosphoric ester groups is 2. The van der Waals surface area contributed by atoms with E-state index in [-0.39, 0.29) is 0 Å². The lowest BCUT2D eigenvalue weighted by Crippen LogP contribution is -2.40. The molecular formula is C18H24N4O17P2. The lowest BCUT2D eigenvalue weighted by molar-refractivity contribution is -0.0652. The van der Waals surface area contributed by atoms with E-state index in [4.69, 9.17) is 18.5 Å². The molecule has 2 aromatic rings. The first kappa shape index (κ1) is 31.3. The molecule has 2 fully saturated rings. The van der Waals surface area contributed by atoms with Crippen LogP contribution in [0.15, 0.2) is 43.7 Å². The van der Waals surface area contributed by atoms with Crippen LogP contribution in [0.1, 0.15) is 12.5 Å². The molecule has 0 radical (unpaired) electrons. The van der Waals surface area contributed by atoms with Crippen LogP contribution in [-0.4, -0.2) is 98.9 Å². The fourth-order valence-corrected chi connectivity index (χ4v) is 5.68. The minimum absolute atomic E-state index is 0.629. The average Bonchev–Trinajstić information content (AvgIpc) is 3.33. The van der Waals surface area contributed by atoms with Crippen molar-refractivity contribution in [3.05, 3.63) is 66.2 Å². The van der Waals surface area contributed by atoms with Crippen LogP contribution in [0.4, 0.5) is 0 Å². The number of aromatic nitrogens is 4. The predicted molar refractivity (Wildman–Crippen MR) is 127 cm³/mol. The van der Waals surface area contributed by atoms with Crippen molar-refractivity contribution in [2.75, 3.05) is 13.2 Å². The Kier molecular flexibility index (Phi) is 9.12. The Morgan fingerprint density at radius 2 is 1.34 bits per heavy atom. The van der Waals surface area contributed by atoms with E-state index in [2.05, 4.69) is 4.52 Å². The number of rotatable bonds is 10. The van der Waals surface area contributed by atoms with Gasteiger partial charge in [0.2, 0.25) is 0 Å². The molecule has 0 spiro atoms. The summed E-state index contributed by atoms with van der Waals surface area (Å²) in [5, 5.41) is 30.3. The van der Waals surface area contributed by atoms with Crippen molar-refractivity contribution in [1.29, 1.82) is 0 Å². The molecule has 2 aromatic heterocycles. The van der Waals surface area contributed by atoms with Crippen LogP contribution in [0.3, 0.4) is 0 Å². The maximum Gasteiger partial charge on any atom is 0.472 e. The van der Waals surface area contributed by atoms with Gasteiger partial charge in [0.05, 0.1) is 13.2 Å². The molecule has 8 N–H and O–H groups in total. The van der Waals surface area contributed by atoms with Gasteiger partial charge >= 0.3 is 27.0 Å². The highest BCUT2D eigenvalue weighted by atomic mass is 31.2. The summed E-state index contributed by atoms with van der Waals surface area (Å²) in [4.78, 5) is 79.9. The number of aromatic amines is 2. The Morgan fingerprint density at radius 1 is 0.805 bits per heavy atom. The van der Waals surface area contributed by atoms with Gasteiger partial charge in [-0.3, -0.25) is 42.3 Å². The minimum atomic E-state index is -5.36. The zero-order valence-electron chi connectivity index (χ0n) is 20.3. The van der Waals surface area contributed by atoms with E-state index in [1.54, 1.807) is 0 Å². The molecule has 2 saturated heterocycles. The standard InChI is InChI=1S/C18H24N4O17P2/c23-5-7-13(38-40(30,31)32)14(16(36-7)22-4-2-10(25)20-18(22)29)39-41(33,34)35-6-8-11(26)12(27)15(37-8)21-3-1-9(24)19-17(21)28/h1-4,7-8,11-16,23,26-27H,5-6H2,(H,33,34)(H,19,24,28)(H,20,25,29)(H2,30,31,32)/t7-,8-,11-,12-,13-,14-,15-,16-/m1/s1. The first-order valence-electron chi connectivity index (χ1n) is 11.4. The van der Waals surface area contributed by atoms with E-state index in [0.29, 0.717) is 4.57 Å². The van der Waals surface area contributed by atoms with E-state index in [1.165, 1.54) is 0 Å². The summed E-state index contributed by atoms with van der Waals surface area (Å²) in [5.41, 5.74) is -3.70. The number of nitrogens with zero attached hydrogens (tertiary/aromatic N) is 2. The van der Waals surface area contributed by atoms with E-state index in [0.717, 1.165) is 29.1 Å². The molecule has 0 amide bonds. The summed E-state index contributed by atoms with van der Waals surface area (Å²) < 4.78 is 51.0. The molecule has 2 aliphatic heterocycles. The molecule has 4 rings (SSSR count). The van der Waals surface area contributed by atoms with Crippen LogP contribution in [0.25, 0.3) is 0 Å². The molecule has 2 aliphatic rings. The topological polar surface area (TPSA) is 311 Å². The Bertz CT molecular complexity index is 1580. The van der Waals surface area contributed by atoms with Crippen LogP contribution in [0.5, 0.6) is 0 Å². The van der Waals surface area contributed by atoms with Crippen molar-refractivity contribution in [2.45, 2.75) is 49.1 Å². The van der Waals surface area contributed by atoms with Gasteiger partial charge in [-0.05, 0) is 0 Å². The fraction of sp³-hybridized carbons (Fsp3) is 0.556. The van der Waals surface area contributed by atoms with Gasteiger partial charge in [0.15, 0.2) is 12.5 Å². The number of ether oxygens (including phenoxy) is 2. The van der Waals surface area contributed by atoms with Gasteiger partial charge in [0, 0.05) is 24.5 Å². The third kappa shape index (κ3) is 7.07. The molecule has 41 heavy (non-hydrogen) atoms. The maximum absolute atomic E-state index is 12.9. The smallest absolute Gasteiger partial charge is 0.394 e. The van der Waals surface area contributed by atoms with E-state index < -0.39 is 100 Å². The normalized spacial score (nSPS) is 31.8. The van der Waals surface area contributed by atoms with Crippen LogP contribution in [-0.2, 0) is 32.2 Å². The zero-order chi connectivity index (χ0) is 30.3. The molecule has 0 saturated carbocycles. The third-order valence-electron chi connectivity index (χ3n) is 5.97. The zero-order valence-corrected chi connectivity index (χ0v) is 22.1. The second-order valence-electron chi connectivity index (χ2n) is 8.72. The summed E-state index contributed by atoms with van der Waals surface area (Å²) in [7, 11) is -10.7. The van der Waals surface area contributed by atoms with Crippen molar-refractivity contribution in [1.82, 2.24) is 19.1 Å². The monoisotopic (exact) mass is 630 g/mol. The van der Waals surface area contributed by atoms with Crippen molar-refractivity contribution in [3.63, 3.8) is 0 Å². The number of nitrogens with one attached hydrogen (secondary N) is 2. The average molecular weight is 630 g/mol. The fourth-order valence-electron chi connectivity index (χ4n) is 4.18. The molecule has 0 aromatic carbocycles. The molecule has 0 bridgehead atoms. The van der Waals surface area contributed by atoms with Gasteiger partial charge in [-0.1, -0.05) is 0 Å². The number of aliphatic hydroxyl groups excluding tert-OH is 3. The first-order valence-corrected chi connectivity index (χ1v) is 14.4. The van der Waals surface area contributed by atoms with E-state index in [1.807, 2.05) is 9.97 Å². The number of phosphoric acid groups is 2. The second kappa shape index (κ2) is 11.9. The molecule has 4 heterocycles. The van der Waals surface area contributed by atoms with Gasteiger partial charge in [0.25, 0.3) is 11.1 Å². The van der Waals surface area contributed by atoms with Crippen LogP contribution < -0.4 is 22.5 Å². The molecule has 9 atom stereocenters. The van der Waals surface area contributed by atoms with Crippen molar-refractivity contribution < 1.29 is 62.2 Å². The van der Waals surface area contributed by atoms with E-state index >= 15 is 0 Å². The molecule has 23 heteroatoms. The Morgan fingerprint density at radius 3 is 1.85 bits per heavy atom. The number of H-pyrrole nitrogens is 2. The highest BCUT2D eigenvalue weighted by Crippen LogP contribution is 2.52. The van der Waals surface area contributed by atoms with Crippen LogP contribution in [0, 0.1) is 0 Å². The molecule has 228 valence electrons. The molecule has 21 nitrogen and oxygen atoms in total. The Labute approximate surface area is 226 Å². The van der Waals surface area contributed by atoms with E-state index in [9.17, 15) is 58.3 Å². The SMILES string of the molecule is O=c1ccn([C@@H]2O[C@H](COP(=O)(O)O[C@@H]3[C@H](OP(=O)(O)O)[C@@H](CO)O[C@H]3n3ccc(=O)[nH]c3=O)[C@@H](O)[C@H]2O)c(=O)[nH]1. The lowest BCUT2D eigenvalue weighted by Gasteiger charge is -2.27. The van der Waals surface area contributed by atoms with Crippen molar-refractivity contribution in [2.24, 2.45) is 0 Å². The summed E-state index contributed by atoms with van der Waals surface area (Å²) in [5.74, 6) is 0. The van der Waals surface area contributed by atoms with Crippen molar-refractivity contribution in [3.8, 4) is 0 Å². The van der Waals surface area contributed by atoms with Gasteiger partial charge < -0.3 is 39.5 Å². The maximum atomic E-state index is 12.9. The highest BCUT2D eigenvalue weighted by Gasteiger charge is 2.53. The lowest BCUT2D eigenvalue weighted by atomic mass is 10.1. The molecule has 0 aliphatic carbocycles. The largest absolute Gasteiger partial charge is 0.472 e. The molecular weight excluding hydrogens is 606 g/mol. The highest BCUT2D eigenvalue weighted by molar-refractivity contribution is 7.47. The molecule has 1 unspecified atom stereocenters. The summed E-state index contributed by atoms with van der Waals surface area (Å²) in [6.45, 7) is -1.94. The van der Waals surface area contributed by atoms with Gasteiger partial charge in [0.1, 0.15) is 36.6 Å². The second-order valence-corrected chi connectivity index (χ2v) is 11.3. The van der Waals surface area contributed by atoms with Gasteiger partial charge in [-0.25, -0.2) is 18.7 Å².